The summed E-state index contributed by atoms with van der Waals surface area (Å²) in [4.78, 5) is 11.5. The second kappa shape index (κ2) is 5.71. The first kappa shape index (κ1) is 14.3. The summed E-state index contributed by atoms with van der Waals surface area (Å²) in [6, 6.07) is 0. The predicted molar refractivity (Wildman–Crippen MR) is 58.6 cm³/mol. The fourth-order valence-electron chi connectivity index (χ4n) is 2.31. The lowest BCUT2D eigenvalue weighted by molar-refractivity contribution is -0.139. The van der Waals surface area contributed by atoms with Gasteiger partial charge in [0.2, 0.25) is 5.91 Å². The third kappa shape index (κ3) is 4.93. The Hall–Kier alpha value is -0.780. The molecular formula is C11H19F3N2O. The molecule has 0 radical (unpaired) electrons. The van der Waals surface area contributed by atoms with Gasteiger partial charge in [0.1, 0.15) is 6.54 Å². The van der Waals surface area contributed by atoms with Crippen LogP contribution in [0.1, 0.15) is 38.5 Å². The molecule has 1 rings (SSSR count). The molecule has 1 amide bonds. The molecular weight excluding hydrogens is 233 g/mol. The van der Waals surface area contributed by atoms with E-state index < -0.39 is 18.6 Å². The summed E-state index contributed by atoms with van der Waals surface area (Å²) in [5, 5.41) is 5.03. The molecule has 17 heavy (non-hydrogen) atoms. The zero-order valence-electron chi connectivity index (χ0n) is 9.99. The van der Waals surface area contributed by atoms with Gasteiger partial charge in [-0.05, 0) is 19.9 Å². The molecule has 0 aromatic rings. The number of carbonyl (C=O) groups is 1. The first-order valence-electron chi connectivity index (χ1n) is 5.89. The Morgan fingerprint density at radius 3 is 2.29 bits per heavy atom. The van der Waals surface area contributed by atoms with Crippen LogP contribution in [0.25, 0.3) is 0 Å². The minimum Gasteiger partial charge on any atom is -0.347 e. The number of nitrogens with one attached hydrogen (secondary N) is 2. The van der Waals surface area contributed by atoms with Crippen LogP contribution in [0.5, 0.6) is 0 Å². The Balaban J connectivity index is 2.42. The fourth-order valence-corrected chi connectivity index (χ4v) is 2.31. The summed E-state index contributed by atoms with van der Waals surface area (Å²) < 4.78 is 35.8. The maximum Gasteiger partial charge on any atom is 0.405 e. The van der Waals surface area contributed by atoms with Crippen molar-refractivity contribution in [2.45, 2.75) is 50.2 Å². The second-order valence-electron chi connectivity index (χ2n) is 4.66. The van der Waals surface area contributed by atoms with Crippen LogP contribution in [0, 0.1) is 0 Å². The van der Waals surface area contributed by atoms with Gasteiger partial charge in [-0.1, -0.05) is 19.3 Å². The van der Waals surface area contributed by atoms with Crippen LogP contribution >= 0.6 is 0 Å². The monoisotopic (exact) mass is 252 g/mol. The van der Waals surface area contributed by atoms with Crippen LogP contribution in [0.3, 0.4) is 0 Å². The Morgan fingerprint density at radius 2 is 1.82 bits per heavy atom. The van der Waals surface area contributed by atoms with Gasteiger partial charge in [-0.3, -0.25) is 4.79 Å². The molecule has 6 heteroatoms. The standard InChI is InChI=1S/C11H19F3N2O/c1-15-10(5-3-2-4-6-10)7-9(17)16-8-11(12,13)14/h15H,2-8H2,1H3,(H,16,17). The van der Waals surface area contributed by atoms with Gasteiger partial charge in [-0.2, -0.15) is 13.2 Å². The van der Waals surface area contributed by atoms with Crippen molar-refractivity contribution in [2.24, 2.45) is 0 Å². The Bertz CT molecular complexity index is 260. The normalized spacial score (nSPS) is 20.0. The van der Waals surface area contributed by atoms with E-state index in [0.717, 1.165) is 32.1 Å². The molecule has 0 saturated heterocycles. The molecule has 2 N–H and O–H groups in total. The molecule has 0 aliphatic heterocycles. The lowest BCUT2D eigenvalue weighted by Crippen LogP contribution is -2.49. The summed E-state index contributed by atoms with van der Waals surface area (Å²) in [5.41, 5.74) is -0.312. The molecule has 0 unspecified atom stereocenters. The minimum absolute atomic E-state index is 0.125. The molecule has 1 fully saturated rings. The van der Waals surface area contributed by atoms with Crippen molar-refractivity contribution in [1.82, 2.24) is 10.6 Å². The van der Waals surface area contributed by atoms with E-state index >= 15 is 0 Å². The number of halogens is 3. The quantitative estimate of drug-likeness (QED) is 0.803. The van der Waals surface area contributed by atoms with Crippen molar-refractivity contribution in [3.63, 3.8) is 0 Å². The van der Waals surface area contributed by atoms with E-state index in [1.807, 2.05) is 5.32 Å². The summed E-state index contributed by atoms with van der Waals surface area (Å²) >= 11 is 0. The number of hydrogen-bond donors (Lipinski definition) is 2. The second-order valence-corrected chi connectivity index (χ2v) is 4.66. The van der Waals surface area contributed by atoms with Crippen molar-refractivity contribution in [1.29, 1.82) is 0 Å². The van der Waals surface area contributed by atoms with E-state index in [1.54, 1.807) is 7.05 Å². The summed E-state index contributed by atoms with van der Waals surface area (Å²) in [6.07, 6.45) is 0.662. The zero-order chi connectivity index (χ0) is 12.9. The maximum absolute atomic E-state index is 11.9. The van der Waals surface area contributed by atoms with Crippen molar-refractivity contribution >= 4 is 5.91 Å². The molecule has 100 valence electrons. The molecule has 1 saturated carbocycles. The average molecular weight is 252 g/mol. The van der Waals surface area contributed by atoms with Crippen LogP contribution in [0.4, 0.5) is 13.2 Å². The summed E-state index contributed by atoms with van der Waals surface area (Å²) in [6.45, 7) is -1.24. The van der Waals surface area contributed by atoms with Crippen molar-refractivity contribution in [3.8, 4) is 0 Å². The number of rotatable bonds is 4. The largest absolute Gasteiger partial charge is 0.405 e. The number of carbonyl (C=O) groups excluding carboxylic acids is 1. The van der Waals surface area contributed by atoms with Crippen LogP contribution < -0.4 is 10.6 Å². The Morgan fingerprint density at radius 1 is 1.24 bits per heavy atom. The first-order valence-corrected chi connectivity index (χ1v) is 5.89. The van der Waals surface area contributed by atoms with E-state index in [-0.39, 0.29) is 12.0 Å². The summed E-state index contributed by atoms with van der Waals surface area (Å²) in [5.74, 6) is -0.529. The molecule has 3 nitrogen and oxygen atoms in total. The molecule has 1 aliphatic rings. The van der Waals surface area contributed by atoms with Gasteiger partial charge in [-0.15, -0.1) is 0 Å². The van der Waals surface area contributed by atoms with Crippen molar-refractivity contribution < 1.29 is 18.0 Å². The van der Waals surface area contributed by atoms with Crippen molar-refractivity contribution in [2.75, 3.05) is 13.6 Å². The van der Waals surface area contributed by atoms with E-state index in [0.29, 0.717) is 0 Å². The predicted octanol–water partition coefficient (Wildman–Crippen LogP) is 1.98. The lowest BCUT2D eigenvalue weighted by atomic mass is 9.79. The highest BCUT2D eigenvalue weighted by Crippen LogP contribution is 2.30. The summed E-state index contributed by atoms with van der Waals surface area (Å²) in [7, 11) is 1.77. The van der Waals surface area contributed by atoms with Gasteiger partial charge in [0.25, 0.3) is 0 Å². The van der Waals surface area contributed by atoms with Crippen molar-refractivity contribution in [3.05, 3.63) is 0 Å². The average Bonchev–Trinajstić information content (AvgIpc) is 2.27. The lowest BCUT2D eigenvalue weighted by Gasteiger charge is -2.36. The van der Waals surface area contributed by atoms with Crippen LogP contribution in [0.2, 0.25) is 0 Å². The number of hydrogen-bond acceptors (Lipinski definition) is 2. The third-order valence-corrected chi connectivity index (χ3v) is 3.33. The third-order valence-electron chi connectivity index (χ3n) is 3.33. The van der Waals surface area contributed by atoms with Crippen LogP contribution in [-0.2, 0) is 4.79 Å². The molecule has 0 atom stereocenters. The van der Waals surface area contributed by atoms with Gasteiger partial charge in [0, 0.05) is 12.0 Å². The number of alkyl halides is 3. The molecule has 0 spiro atoms. The molecule has 0 aromatic heterocycles. The van der Waals surface area contributed by atoms with E-state index in [2.05, 4.69) is 5.32 Å². The van der Waals surface area contributed by atoms with E-state index in [4.69, 9.17) is 0 Å². The van der Waals surface area contributed by atoms with Gasteiger partial charge < -0.3 is 10.6 Å². The Kier molecular flexibility index (Phi) is 4.80. The topological polar surface area (TPSA) is 41.1 Å². The SMILES string of the molecule is CNC1(CC(=O)NCC(F)(F)F)CCCCC1. The molecule has 0 bridgehead atoms. The smallest absolute Gasteiger partial charge is 0.347 e. The molecule has 1 aliphatic carbocycles. The highest BCUT2D eigenvalue weighted by Gasteiger charge is 2.34. The minimum atomic E-state index is -4.34. The van der Waals surface area contributed by atoms with Gasteiger partial charge in [0.05, 0.1) is 0 Å². The van der Waals surface area contributed by atoms with Gasteiger partial charge >= 0.3 is 6.18 Å². The zero-order valence-corrected chi connectivity index (χ0v) is 9.99. The molecule has 0 aromatic carbocycles. The Labute approximate surface area is 99.1 Å². The van der Waals surface area contributed by atoms with Crippen LogP contribution in [0.15, 0.2) is 0 Å². The number of amides is 1. The fraction of sp³-hybridized carbons (Fsp3) is 0.909. The molecule has 0 heterocycles. The van der Waals surface area contributed by atoms with E-state index in [9.17, 15) is 18.0 Å². The highest BCUT2D eigenvalue weighted by molar-refractivity contribution is 5.77. The van der Waals surface area contributed by atoms with Gasteiger partial charge in [-0.25, -0.2) is 0 Å². The van der Waals surface area contributed by atoms with Crippen LogP contribution in [-0.4, -0.2) is 31.2 Å². The first-order chi connectivity index (χ1) is 7.87. The van der Waals surface area contributed by atoms with E-state index in [1.165, 1.54) is 0 Å². The highest BCUT2D eigenvalue weighted by atomic mass is 19.4. The van der Waals surface area contributed by atoms with Gasteiger partial charge in [0.15, 0.2) is 0 Å². The maximum atomic E-state index is 11.9.